The molecule has 0 saturated heterocycles. The van der Waals surface area contributed by atoms with Gasteiger partial charge in [0.2, 0.25) is 0 Å². The Kier molecular flexibility index (Phi) is 3.53. The van der Waals surface area contributed by atoms with Gasteiger partial charge in [-0.05, 0) is 29.7 Å². The van der Waals surface area contributed by atoms with Crippen LogP contribution in [0.1, 0.15) is 35.7 Å². The Morgan fingerprint density at radius 2 is 2.07 bits per heavy atom. The minimum atomic E-state index is -0.0800. The van der Waals surface area contributed by atoms with E-state index < -0.39 is 0 Å². The predicted molar refractivity (Wildman–Crippen MR) is 58.9 cm³/mol. The van der Waals surface area contributed by atoms with Crippen LogP contribution in [0.25, 0.3) is 0 Å². The lowest BCUT2D eigenvalue weighted by Crippen LogP contribution is -2.17. The van der Waals surface area contributed by atoms with Crippen molar-refractivity contribution in [3.63, 3.8) is 0 Å². The van der Waals surface area contributed by atoms with Gasteiger partial charge in [-0.15, -0.1) is 0 Å². The Hall–Kier alpha value is -1.02. The standard InChI is InChI=1S/C11H14ClNO/c1-7(2)9-6-8(11(14)13-3)4-5-10(9)12/h4-7H,1-3H3,(H,13,14). The van der Waals surface area contributed by atoms with Gasteiger partial charge in [-0.2, -0.15) is 0 Å². The topological polar surface area (TPSA) is 29.1 Å². The molecule has 2 nitrogen and oxygen atoms in total. The summed E-state index contributed by atoms with van der Waals surface area (Å²) in [6, 6.07) is 5.33. The first-order valence-electron chi connectivity index (χ1n) is 4.57. The van der Waals surface area contributed by atoms with Crippen LogP contribution in [0.5, 0.6) is 0 Å². The van der Waals surface area contributed by atoms with E-state index in [0.29, 0.717) is 16.5 Å². The fourth-order valence-electron chi connectivity index (χ4n) is 1.27. The highest BCUT2D eigenvalue weighted by Gasteiger charge is 2.09. The van der Waals surface area contributed by atoms with Crippen molar-refractivity contribution < 1.29 is 4.79 Å². The summed E-state index contributed by atoms with van der Waals surface area (Å²) in [5.74, 6) is 0.246. The average molecular weight is 212 g/mol. The second-order valence-corrected chi connectivity index (χ2v) is 3.88. The number of rotatable bonds is 2. The largest absolute Gasteiger partial charge is 0.355 e. The lowest BCUT2D eigenvalue weighted by molar-refractivity contribution is 0.0963. The highest BCUT2D eigenvalue weighted by molar-refractivity contribution is 6.31. The molecule has 0 radical (unpaired) electrons. The van der Waals surface area contributed by atoms with Gasteiger partial charge in [0.15, 0.2) is 0 Å². The molecule has 0 aliphatic carbocycles. The van der Waals surface area contributed by atoms with Gasteiger partial charge in [-0.1, -0.05) is 25.4 Å². The van der Waals surface area contributed by atoms with Crippen LogP contribution in [0, 0.1) is 0 Å². The minimum absolute atomic E-state index is 0.0800. The van der Waals surface area contributed by atoms with Crippen molar-refractivity contribution in [1.82, 2.24) is 5.32 Å². The van der Waals surface area contributed by atoms with Gasteiger partial charge in [-0.25, -0.2) is 0 Å². The van der Waals surface area contributed by atoms with Crippen molar-refractivity contribution in [3.8, 4) is 0 Å². The molecule has 0 spiro atoms. The van der Waals surface area contributed by atoms with Gasteiger partial charge in [0.1, 0.15) is 0 Å². The average Bonchev–Trinajstić information content (AvgIpc) is 2.17. The summed E-state index contributed by atoms with van der Waals surface area (Å²) >= 11 is 6.01. The molecule has 0 unspecified atom stereocenters. The Morgan fingerprint density at radius 3 is 2.57 bits per heavy atom. The fraction of sp³-hybridized carbons (Fsp3) is 0.364. The summed E-state index contributed by atoms with van der Waals surface area (Å²) < 4.78 is 0. The molecule has 0 aliphatic heterocycles. The van der Waals surface area contributed by atoms with E-state index in [1.54, 1.807) is 19.2 Å². The first-order valence-corrected chi connectivity index (χ1v) is 4.95. The van der Waals surface area contributed by atoms with Crippen molar-refractivity contribution in [1.29, 1.82) is 0 Å². The van der Waals surface area contributed by atoms with Crippen molar-refractivity contribution in [2.75, 3.05) is 7.05 Å². The summed E-state index contributed by atoms with van der Waals surface area (Å²) in [6.45, 7) is 4.10. The Labute approximate surface area is 89.3 Å². The van der Waals surface area contributed by atoms with Crippen LogP contribution in [-0.4, -0.2) is 13.0 Å². The third kappa shape index (κ3) is 2.26. The molecule has 0 atom stereocenters. The van der Waals surface area contributed by atoms with Crippen molar-refractivity contribution in [3.05, 3.63) is 34.3 Å². The normalized spacial score (nSPS) is 10.4. The van der Waals surface area contributed by atoms with E-state index in [1.807, 2.05) is 6.07 Å². The third-order valence-electron chi connectivity index (χ3n) is 2.11. The molecule has 1 aromatic carbocycles. The van der Waals surface area contributed by atoms with Crippen LogP contribution >= 0.6 is 11.6 Å². The second kappa shape index (κ2) is 4.47. The summed E-state index contributed by atoms with van der Waals surface area (Å²) in [5, 5.41) is 3.30. The van der Waals surface area contributed by atoms with Crippen LogP contribution in [0.4, 0.5) is 0 Å². The molecule has 0 heterocycles. The van der Waals surface area contributed by atoms with Gasteiger partial charge < -0.3 is 5.32 Å². The maximum atomic E-state index is 11.3. The highest BCUT2D eigenvalue weighted by Crippen LogP contribution is 2.25. The number of nitrogens with one attached hydrogen (secondary N) is 1. The van der Waals surface area contributed by atoms with Gasteiger partial charge >= 0.3 is 0 Å². The molecule has 1 amide bonds. The Morgan fingerprint density at radius 1 is 1.43 bits per heavy atom. The van der Waals surface area contributed by atoms with Crippen LogP contribution in [-0.2, 0) is 0 Å². The SMILES string of the molecule is CNC(=O)c1ccc(Cl)c(C(C)C)c1. The van der Waals surface area contributed by atoms with E-state index in [2.05, 4.69) is 19.2 Å². The molecule has 1 aromatic rings. The zero-order valence-electron chi connectivity index (χ0n) is 8.60. The smallest absolute Gasteiger partial charge is 0.251 e. The van der Waals surface area contributed by atoms with E-state index in [4.69, 9.17) is 11.6 Å². The number of hydrogen-bond acceptors (Lipinski definition) is 1. The lowest BCUT2D eigenvalue weighted by Gasteiger charge is -2.09. The zero-order valence-corrected chi connectivity index (χ0v) is 9.35. The maximum Gasteiger partial charge on any atom is 0.251 e. The molecule has 1 N–H and O–H groups in total. The molecule has 76 valence electrons. The zero-order chi connectivity index (χ0) is 10.7. The number of carbonyl (C=O) groups excluding carboxylic acids is 1. The molecule has 3 heteroatoms. The first-order chi connectivity index (χ1) is 6.56. The molecular weight excluding hydrogens is 198 g/mol. The minimum Gasteiger partial charge on any atom is -0.355 e. The number of hydrogen-bond donors (Lipinski definition) is 1. The summed E-state index contributed by atoms with van der Waals surface area (Å²) in [6.07, 6.45) is 0. The number of carbonyl (C=O) groups is 1. The summed E-state index contributed by atoms with van der Waals surface area (Å²) in [4.78, 5) is 11.3. The maximum absolute atomic E-state index is 11.3. The van der Waals surface area contributed by atoms with E-state index in [-0.39, 0.29) is 5.91 Å². The second-order valence-electron chi connectivity index (χ2n) is 3.47. The van der Waals surface area contributed by atoms with Crippen LogP contribution in [0.15, 0.2) is 18.2 Å². The van der Waals surface area contributed by atoms with E-state index in [1.165, 1.54) is 0 Å². The van der Waals surface area contributed by atoms with E-state index in [0.717, 1.165) is 5.56 Å². The van der Waals surface area contributed by atoms with Gasteiger partial charge in [-0.3, -0.25) is 4.79 Å². The van der Waals surface area contributed by atoms with Crippen LogP contribution in [0.3, 0.4) is 0 Å². The quantitative estimate of drug-likeness (QED) is 0.801. The van der Waals surface area contributed by atoms with Crippen LogP contribution < -0.4 is 5.32 Å². The van der Waals surface area contributed by atoms with E-state index in [9.17, 15) is 4.79 Å². The van der Waals surface area contributed by atoms with Gasteiger partial charge in [0.05, 0.1) is 0 Å². The number of halogens is 1. The molecule has 0 fully saturated rings. The van der Waals surface area contributed by atoms with E-state index >= 15 is 0 Å². The van der Waals surface area contributed by atoms with Gasteiger partial charge in [0, 0.05) is 17.6 Å². The molecule has 0 bridgehead atoms. The Balaban J connectivity index is 3.13. The molecule has 0 aromatic heterocycles. The molecule has 0 saturated carbocycles. The van der Waals surface area contributed by atoms with Gasteiger partial charge in [0.25, 0.3) is 5.91 Å². The number of amides is 1. The fourth-order valence-corrected chi connectivity index (χ4v) is 1.61. The number of benzene rings is 1. The summed E-state index contributed by atoms with van der Waals surface area (Å²) in [5.41, 5.74) is 1.66. The molecule has 0 aliphatic rings. The first kappa shape index (κ1) is 11.1. The highest BCUT2D eigenvalue weighted by atomic mass is 35.5. The predicted octanol–water partition coefficient (Wildman–Crippen LogP) is 2.82. The summed E-state index contributed by atoms with van der Waals surface area (Å²) in [7, 11) is 1.62. The Bertz CT molecular complexity index is 347. The monoisotopic (exact) mass is 211 g/mol. The lowest BCUT2D eigenvalue weighted by atomic mass is 10.0. The molecular formula is C11H14ClNO. The van der Waals surface area contributed by atoms with Crippen molar-refractivity contribution in [2.45, 2.75) is 19.8 Å². The molecule has 14 heavy (non-hydrogen) atoms. The third-order valence-corrected chi connectivity index (χ3v) is 2.45. The van der Waals surface area contributed by atoms with Crippen molar-refractivity contribution in [2.24, 2.45) is 0 Å². The van der Waals surface area contributed by atoms with Crippen LogP contribution in [0.2, 0.25) is 5.02 Å². The molecule has 1 rings (SSSR count). The van der Waals surface area contributed by atoms with Crippen molar-refractivity contribution >= 4 is 17.5 Å².